The molecular formula is C12H20O5. The second kappa shape index (κ2) is 7.81. The predicted octanol–water partition coefficient (Wildman–Crippen LogP) is 1.49. The van der Waals surface area contributed by atoms with Crippen molar-refractivity contribution in [2.24, 2.45) is 5.41 Å². The summed E-state index contributed by atoms with van der Waals surface area (Å²) in [6.07, 6.45) is 2.67. The zero-order chi connectivity index (χ0) is 13.3. The molecule has 5 heteroatoms. The van der Waals surface area contributed by atoms with Gasteiger partial charge in [-0.3, -0.25) is 9.59 Å². The highest BCUT2D eigenvalue weighted by Crippen LogP contribution is 2.30. The summed E-state index contributed by atoms with van der Waals surface area (Å²) in [4.78, 5) is 33.3. The van der Waals surface area contributed by atoms with Gasteiger partial charge in [-0.05, 0) is 19.3 Å². The molecule has 5 nitrogen and oxygen atoms in total. The summed E-state index contributed by atoms with van der Waals surface area (Å²) >= 11 is 0. The van der Waals surface area contributed by atoms with Crippen LogP contribution in [0.5, 0.6) is 0 Å². The van der Waals surface area contributed by atoms with Gasteiger partial charge in [-0.2, -0.15) is 0 Å². The minimum absolute atomic E-state index is 0.0602. The van der Waals surface area contributed by atoms with Gasteiger partial charge in [-0.1, -0.05) is 6.92 Å². The van der Waals surface area contributed by atoms with Crippen LogP contribution in [0.15, 0.2) is 0 Å². The molecule has 0 spiro atoms. The molecule has 1 unspecified atom stereocenters. The van der Waals surface area contributed by atoms with Crippen molar-refractivity contribution in [1.29, 1.82) is 0 Å². The lowest BCUT2D eigenvalue weighted by atomic mass is 9.79. The summed E-state index contributed by atoms with van der Waals surface area (Å²) in [6, 6.07) is 0. The molecular weight excluding hydrogens is 224 g/mol. The molecule has 0 radical (unpaired) electrons. The van der Waals surface area contributed by atoms with Gasteiger partial charge in [0.2, 0.25) is 0 Å². The lowest BCUT2D eigenvalue weighted by molar-refractivity contribution is -0.145. The third-order valence-electron chi connectivity index (χ3n) is 2.96. The van der Waals surface area contributed by atoms with E-state index in [-0.39, 0.29) is 18.8 Å². The Morgan fingerprint density at radius 2 is 1.76 bits per heavy atom. The van der Waals surface area contributed by atoms with Crippen LogP contribution in [0.2, 0.25) is 0 Å². The normalized spacial score (nSPS) is 13.6. The smallest absolute Gasteiger partial charge is 0.306 e. The summed E-state index contributed by atoms with van der Waals surface area (Å²) in [5.74, 6) is -0.712. The highest BCUT2D eigenvalue weighted by Gasteiger charge is 2.31. The topological polar surface area (TPSA) is 69.7 Å². The number of carbonyl (C=O) groups excluding carboxylic acids is 3. The molecule has 0 rings (SSSR count). The fraction of sp³-hybridized carbons (Fsp3) is 0.750. The van der Waals surface area contributed by atoms with Gasteiger partial charge in [0.1, 0.15) is 6.29 Å². The Bertz CT molecular complexity index is 274. The Morgan fingerprint density at radius 1 is 1.18 bits per heavy atom. The van der Waals surface area contributed by atoms with Crippen molar-refractivity contribution >= 4 is 18.2 Å². The van der Waals surface area contributed by atoms with E-state index >= 15 is 0 Å². The monoisotopic (exact) mass is 244 g/mol. The molecule has 0 heterocycles. The Hall–Kier alpha value is -1.39. The van der Waals surface area contributed by atoms with Crippen LogP contribution in [0.3, 0.4) is 0 Å². The molecule has 98 valence electrons. The third-order valence-corrected chi connectivity index (χ3v) is 2.96. The van der Waals surface area contributed by atoms with Gasteiger partial charge in [-0.15, -0.1) is 0 Å². The number of carbonyl (C=O) groups is 3. The fourth-order valence-electron chi connectivity index (χ4n) is 1.62. The van der Waals surface area contributed by atoms with Gasteiger partial charge in [-0.25, -0.2) is 0 Å². The van der Waals surface area contributed by atoms with Crippen molar-refractivity contribution in [3.8, 4) is 0 Å². The van der Waals surface area contributed by atoms with Crippen molar-refractivity contribution < 1.29 is 23.9 Å². The first-order chi connectivity index (χ1) is 8.03. The number of esters is 2. The van der Waals surface area contributed by atoms with Crippen LogP contribution in [-0.4, -0.2) is 32.4 Å². The van der Waals surface area contributed by atoms with Gasteiger partial charge in [0, 0.05) is 11.8 Å². The quantitative estimate of drug-likeness (QED) is 0.478. The van der Waals surface area contributed by atoms with E-state index < -0.39 is 11.4 Å². The van der Waals surface area contributed by atoms with Crippen molar-refractivity contribution in [3.05, 3.63) is 0 Å². The van der Waals surface area contributed by atoms with E-state index in [0.29, 0.717) is 19.3 Å². The minimum atomic E-state index is -0.721. The number of aldehydes is 1. The Kier molecular flexibility index (Phi) is 7.18. The number of rotatable bonds is 8. The summed E-state index contributed by atoms with van der Waals surface area (Å²) in [7, 11) is 2.62. The summed E-state index contributed by atoms with van der Waals surface area (Å²) < 4.78 is 9.08. The molecule has 0 aromatic rings. The van der Waals surface area contributed by atoms with Gasteiger partial charge in [0.15, 0.2) is 0 Å². The molecule has 0 aromatic heterocycles. The Balaban J connectivity index is 4.35. The van der Waals surface area contributed by atoms with Gasteiger partial charge < -0.3 is 14.3 Å². The van der Waals surface area contributed by atoms with Crippen molar-refractivity contribution in [1.82, 2.24) is 0 Å². The molecule has 0 aromatic carbocycles. The average Bonchev–Trinajstić information content (AvgIpc) is 2.36. The van der Waals surface area contributed by atoms with Crippen LogP contribution in [0.1, 0.15) is 39.0 Å². The van der Waals surface area contributed by atoms with Crippen LogP contribution in [0.4, 0.5) is 0 Å². The average molecular weight is 244 g/mol. The third kappa shape index (κ3) is 5.47. The van der Waals surface area contributed by atoms with Crippen LogP contribution in [0, 0.1) is 5.41 Å². The molecule has 17 heavy (non-hydrogen) atoms. The minimum Gasteiger partial charge on any atom is -0.469 e. The Morgan fingerprint density at radius 3 is 2.18 bits per heavy atom. The highest BCUT2D eigenvalue weighted by atomic mass is 16.5. The van der Waals surface area contributed by atoms with Gasteiger partial charge >= 0.3 is 11.9 Å². The van der Waals surface area contributed by atoms with Gasteiger partial charge in [0.05, 0.1) is 20.6 Å². The second-order valence-corrected chi connectivity index (χ2v) is 4.02. The van der Waals surface area contributed by atoms with E-state index in [1.54, 1.807) is 0 Å². The second-order valence-electron chi connectivity index (χ2n) is 4.02. The van der Waals surface area contributed by atoms with Crippen molar-refractivity contribution in [2.75, 3.05) is 14.2 Å². The van der Waals surface area contributed by atoms with Gasteiger partial charge in [0.25, 0.3) is 0 Å². The van der Waals surface area contributed by atoms with Crippen LogP contribution >= 0.6 is 0 Å². The number of hydrogen-bond acceptors (Lipinski definition) is 5. The zero-order valence-electron chi connectivity index (χ0n) is 10.7. The summed E-state index contributed by atoms with van der Waals surface area (Å²) in [5, 5.41) is 0. The molecule has 0 amide bonds. The molecule has 0 aliphatic carbocycles. The molecule has 0 saturated heterocycles. The van der Waals surface area contributed by atoms with Crippen molar-refractivity contribution in [2.45, 2.75) is 39.0 Å². The molecule has 0 N–H and O–H groups in total. The van der Waals surface area contributed by atoms with Crippen molar-refractivity contribution in [3.63, 3.8) is 0 Å². The summed E-state index contributed by atoms with van der Waals surface area (Å²) in [5.41, 5.74) is -0.721. The molecule has 1 atom stereocenters. The molecule has 0 aliphatic rings. The van der Waals surface area contributed by atoms with E-state index in [9.17, 15) is 14.4 Å². The largest absolute Gasteiger partial charge is 0.469 e. The van der Waals surface area contributed by atoms with Crippen LogP contribution in [-0.2, 0) is 23.9 Å². The van der Waals surface area contributed by atoms with E-state index in [2.05, 4.69) is 9.47 Å². The van der Waals surface area contributed by atoms with Crippen LogP contribution in [0.25, 0.3) is 0 Å². The van der Waals surface area contributed by atoms with Crippen LogP contribution < -0.4 is 0 Å². The van der Waals surface area contributed by atoms with E-state index in [1.165, 1.54) is 14.2 Å². The molecule has 0 fully saturated rings. The number of ether oxygens (including phenoxy) is 2. The first kappa shape index (κ1) is 15.6. The number of methoxy groups -OCH3 is 2. The predicted molar refractivity (Wildman–Crippen MR) is 61.3 cm³/mol. The first-order valence-corrected chi connectivity index (χ1v) is 5.63. The lowest BCUT2D eigenvalue weighted by Gasteiger charge is -2.24. The molecule has 0 aliphatic heterocycles. The lowest BCUT2D eigenvalue weighted by Crippen LogP contribution is -2.26. The fourth-order valence-corrected chi connectivity index (χ4v) is 1.62. The molecule has 0 saturated carbocycles. The SMILES string of the molecule is CCC(C=O)(CCCC(=O)OC)CC(=O)OC. The van der Waals surface area contributed by atoms with E-state index in [4.69, 9.17) is 0 Å². The van der Waals surface area contributed by atoms with E-state index in [0.717, 1.165) is 6.29 Å². The maximum Gasteiger partial charge on any atom is 0.306 e. The molecule has 0 bridgehead atoms. The maximum atomic E-state index is 11.2. The summed E-state index contributed by atoms with van der Waals surface area (Å²) in [6.45, 7) is 1.84. The standard InChI is InChI=1S/C12H20O5/c1-4-12(9-13,8-11(15)17-3)7-5-6-10(14)16-2/h9H,4-8H2,1-3H3. The maximum absolute atomic E-state index is 11.2. The first-order valence-electron chi connectivity index (χ1n) is 5.63. The zero-order valence-corrected chi connectivity index (χ0v) is 10.7. The Labute approximate surface area is 101 Å². The highest BCUT2D eigenvalue weighted by molar-refractivity contribution is 5.76. The number of hydrogen-bond donors (Lipinski definition) is 0. The van der Waals surface area contributed by atoms with E-state index in [1.807, 2.05) is 6.92 Å².